The van der Waals surface area contributed by atoms with Crippen LogP contribution in [0.1, 0.15) is 19.3 Å². The summed E-state index contributed by atoms with van der Waals surface area (Å²) < 4.78 is 25.7. The number of aliphatic carboxylic acids is 1. The smallest absolute Gasteiger partial charge is 0.307 e. The molecule has 0 radical (unpaired) electrons. The van der Waals surface area contributed by atoms with Crippen LogP contribution in [-0.2, 0) is 9.59 Å². The Bertz CT molecular complexity index is 322. The van der Waals surface area contributed by atoms with Gasteiger partial charge in [-0.25, -0.2) is 8.78 Å². The van der Waals surface area contributed by atoms with E-state index in [9.17, 15) is 18.4 Å². The first-order chi connectivity index (χ1) is 7.41. The quantitative estimate of drug-likeness (QED) is 0.773. The van der Waals surface area contributed by atoms with Gasteiger partial charge >= 0.3 is 5.97 Å². The fourth-order valence-electron chi connectivity index (χ4n) is 2.03. The Morgan fingerprint density at radius 2 is 1.75 bits per heavy atom. The van der Waals surface area contributed by atoms with Crippen LogP contribution in [0.25, 0.3) is 0 Å². The molecule has 2 atom stereocenters. The summed E-state index contributed by atoms with van der Waals surface area (Å²) in [6, 6.07) is 0. The van der Waals surface area contributed by atoms with E-state index in [2.05, 4.69) is 0 Å². The summed E-state index contributed by atoms with van der Waals surface area (Å²) in [6.45, 7) is 0.0728. The molecular weight excluding hydrogens is 220 g/mol. The van der Waals surface area contributed by atoms with E-state index in [0.717, 1.165) is 0 Å². The van der Waals surface area contributed by atoms with Gasteiger partial charge in [-0.15, -0.1) is 0 Å². The number of amides is 1. The van der Waals surface area contributed by atoms with E-state index in [-0.39, 0.29) is 31.8 Å². The van der Waals surface area contributed by atoms with Crippen LogP contribution in [0.4, 0.5) is 8.78 Å². The number of likely N-dealkylation sites (tertiary alicyclic amines) is 1. The second-order valence-electron chi connectivity index (χ2n) is 4.47. The minimum absolute atomic E-state index is 0.0364. The van der Waals surface area contributed by atoms with E-state index in [1.807, 2.05) is 0 Å². The molecule has 0 aromatic carbocycles. The summed E-state index contributed by atoms with van der Waals surface area (Å²) >= 11 is 0. The molecule has 1 saturated carbocycles. The van der Waals surface area contributed by atoms with Gasteiger partial charge in [0.15, 0.2) is 0 Å². The van der Waals surface area contributed by atoms with Crippen LogP contribution in [0.2, 0.25) is 0 Å². The molecule has 1 aliphatic carbocycles. The Hall–Kier alpha value is -1.20. The van der Waals surface area contributed by atoms with Crippen LogP contribution < -0.4 is 0 Å². The van der Waals surface area contributed by atoms with Crippen molar-refractivity contribution in [3.8, 4) is 0 Å². The number of alkyl halides is 2. The normalized spacial score (nSPS) is 32.2. The fraction of sp³-hybridized carbons (Fsp3) is 0.800. The van der Waals surface area contributed by atoms with Crippen molar-refractivity contribution >= 4 is 11.9 Å². The summed E-state index contributed by atoms with van der Waals surface area (Å²) in [5, 5.41) is 8.66. The van der Waals surface area contributed by atoms with Crippen molar-refractivity contribution in [1.29, 1.82) is 0 Å². The largest absolute Gasteiger partial charge is 0.481 e. The van der Waals surface area contributed by atoms with Crippen molar-refractivity contribution in [2.45, 2.75) is 25.2 Å². The van der Waals surface area contributed by atoms with E-state index < -0.39 is 23.7 Å². The van der Waals surface area contributed by atoms with Crippen LogP contribution >= 0.6 is 0 Å². The predicted octanol–water partition coefficient (Wildman–Crippen LogP) is 0.965. The lowest BCUT2D eigenvalue weighted by Gasteiger charge is -2.31. The van der Waals surface area contributed by atoms with Crippen molar-refractivity contribution in [1.82, 2.24) is 4.90 Å². The fourth-order valence-corrected chi connectivity index (χ4v) is 2.03. The number of carbonyl (C=O) groups is 2. The highest BCUT2D eigenvalue weighted by Crippen LogP contribution is 2.41. The number of piperidine rings is 1. The summed E-state index contributed by atoms with van der Waals surface area (Å²) in [7, 11) is 0. The molecule has 0 bridgehead atoms. The molecule has 1 amide bonds. The average molecular weight is 233 g/mol. The van der Waals surface area contributed by atoms with Gasteiger partial charge in [-0.3, -0.25) is 9.59 Å². The third-order valence-electron chi connectivity index (χ3n) is 3.23. The average Bonchev–Trinajstić information content (AvgIpc) is 2.96. The summed E-state index contributed by atoms with van der Waals surface area (Å²) in [5.41, 5.74) is 0. The molecular formula is C10H13F2NO3. The molecule has 2 aliphatic rings. The first-order valence-electron chi connectivity index (χ1n) is 5.30. The van der Waals surface area contributed by atoms with Gasteiger partial charge in [-0.2, -0.15) is 0 Å². The number of carboxylic acids is 1. The topological polar surface area (TPSA) is 57.6 Å². The molecule has 2 unspecified atom stereocenters. The summed E-state index contributed by atoms with van der Waals surface area (Å²) in [4.78, 5) is 23.6. The number of halogens is 2. The van der Waals surface area contributed by atoms with Crippen LogP contribution in [0, 0.1) is 11.8 Å². The molecule has 16 heavy (non-hydrogen) atoms. The molecule has 0 spiro atoms. The van der Waals surface area contributed by atoms with Gasteiger partial charge in [0.25, 0.3) is 5.92 Å². The molecule has 0 aromatic heterocycles. The zero-order valence-electron chi connectivity index (χ0n) is 8.66. The van der Waals surface area contributed by atoms with E-state index in [4.69, 9.17) is 5.11 Å². The highest BCUT2D eigenvalue weighted by molar-refractivity contribution is 5.89. The Kier molecular flexibility index (Phi) is 2.59. The Balaban J connectivity index is 1.86. The van der Waals surface area contributed by atoms with Crippen LogP contribution in [-0.4, -0.2) is 40.9 Å². The van der Waals surface area contributed by atoms with Crippen molar-refractivity contribution in [3.05, 3.63) is 0 Å². The second kappa shape index (κ2) is 3.68. The SMILES string of the molecule is O=C(O)C1CC1C(=O)N1CCC(F)(F)CC1. The lowest BCUT2D eigenvalue weighted by molar-refractivity contribution is -0.144. The maximum Gasteiger partial charge on any atom is 0.307 e. The lowest BCUT2D eigenvalue weighted by Crippen LogP contribution is -2.43. The Labute approximate surface area is 91.2 Å². The molecule has 2 fully saturated rings. The highest BCUT2D eigenvalue weighted by atomic mass is 19.3. The summed E-state index contributed by atoms with van der Waals surface area (Å²) in [5.74, 6) is -5.00. The zero-order chi connectivity index (χ0) is 11.9. The first-order valence-corrected chi connectivity index (χ1v) is 5.30. The van der Waals surface area contributed by atoms with Gasteiger partial charge in [0, 0.05) is 25.9 Å². The standard InChI is InChI=1S/C10H13F2NO3/c11-10(12)1-3-13(4-2-10)8(14)6-5-7(6)9(15)16/h6-7H,1-5H2,(H,15,16). The molecule has 6 heteroatoms. The minimum Gasteiger partial charge on any atom is -0.481 e. The zero-order valence-corrected chi connectivity index (χ0v) is 8.66. The van der Waals surface area contributed by atoms with Gasteiger partial charge in [0.1, 0.15) is 0 Å². The minimum atomic E-state index is -2.67. The number of carbonyl (C=O) groups excluding carboxylic acids is 1. The molecule has 4 nitrogen and oxygen atoms in total. The van der Waals surface area contributed by atoms with Crippen LogP contribution in [0.5, 0.6) is 0 Å². The van der Waals surface area contributed by atoms with E-state index in [1.165, 1.54) is 4.90 Å². The van der Waals surface area contributed by atoms with E-state index in [0.29, 0.717) is 6.42 Å². The Morgan fingerprint density at radius 1 is 1.19 bits per heavy atom. The number of nitrogens with zero attached hydrogens (tertiary/aromatic N) is 1. The van der Waals surface area contributed by atoms with Gasteiger partial charge in [0.2, 0.25) is 5.91 Å². The lowest BCUT2D eigenvalue weighted by atomic mass is 10.1. The third kappa shape index (κ3) is 2.15. The van der Waals surface area contributed by atoms with Crippen molar-refractivity contribution in [2.75, 3.05) is 13.1 Å². The summed E-state index contributed by atoms with van der Waals surface area (Å²) in [6.07, 6.45) is -0.284. The molecule has 0 aromatic rings. The van der Waals surface area contributed by atoms with Crippen molar-refractivity contribution in [3.63, 3.8) is 0 Å². The number of hydrogen-bond acceptors (Lipinski definition) is 2. The molecule has 2 rings (SSSR count). The van der Waals surface area contributed by atoms with Gasteiger partial charge in [-0.1, -0.05) is 0 Å². The second-order valence-corrected chi connectivity index (χ2v) is 4.47. The molecule has 1 heterocycles. The van der Waals surface area contributed by atoms with Crippen molar-refractivity contribution < 1.29 is 23.5 Å². The number of hydrogen-bond donors (Lipinski definition) is 1. The monoisotopic (exact) mass is 233 g/mol. The van der Waals surface area contributed by atoms with Crippen molar-refractivity contribution in [2.24, 2.45) is 11.8 Å². The molecule has 1 aliphatic heterocycles. The van der Waals surface area contributed by atoms with Crippen LogP contribution in [0.15, 0.2) is 0 Å². The van der Waals surface area contributed by atoms with Gasteiger partial charge < -0.3 is 10.0 Å². The third-order valence-corrected chi connectivity index (χ3v) is 3.23. The predicted molar refractivity (Wildman–Crippen MR) is 50.0 cm³/mol. The van der Waals surface area contributed by atoms with Crippen LogP contribution in [0.3, 0.4) is 0 Å². The highest BCUT2D eigenvalue weighted by Gasteiger charge is 2.50. The number of carboxylic acid groups (broad SMARTS) is 1. The molecule has 90 valence electrons. The van der Waals surface area contributed by atoms with Gasteiger partial charge in [0.05, 0.1) is 11.8 Å². The van der Waals surface area contributed by atoms with Gasteiger partial charge in [-0.05, 0) is 6.42 Å². The first kappa shape index (κ1) is 11.3. The maximum absolute atomic E-state index is 12.8. The molecule has 1 N–H and O–H groups in total. The molecule has 1 saturated heterocycles. The van der Waals surface area contributed by atoms with E-state index in [1.54, 1.807) is 0 Å². The van der Waals surface area contributed by atoms with E-state index >= 15 is 0 Å². The maximum atomic E-state index is 12.8. The Morgan fingerprint density at radius 3 is 2.19 bits per heavy atom. The number of rotatable bonds is 2.